The van der Waals surface area contributed by atoms with Gasteiger partial charge in [0.1, 0.15) is 0 Å². The molecule has 2 N–H and O–H groups in total. The van der Waals surface area contributed by atoms with Crippen LogP contribution in [-0.4, -0.2) is 17.4 Å². The third kappa shape index (κ3) is 3.83. The predicted octanol–water partition coefficient (Wildman–Crippen LogP) is 3.72. The Hall–Kier alpha value is -1.40. The van der Waals surface area contributed by atoms with Crippen molar-refractivity contribution in [1.29, 1.82) is 0 Å². The summed E-state index contributed by atoms with van der Waals surface area (Å²) in [6, 6.07) is 4.13. The van der Waals surface area contributed by atoms with Gasteiger partial charge in [0.15, 0.2) is 5.13 Å². The minimum absolute atomic E-state index is 0.00101. The van der Waals surface area contributed by atoms with Crippen LogP contribution in [0.5, 0.6) is 0 Å². The maximum Gasteiger partial charge on any atom is 0.217 e. The number of aromatic nitrogens is 1. The molecule has 1 aliphatic rings. The van der Waals surface area contributed by atoms with Crippen molar-refractivity contribution in [3.63, 3.8) is 0 Å². The molecule has 21 heavy (non-hydrogen) atoms. The molecule has 3 rings (SSSR count). The molecule has 1 amide bonds. The lowest BCUT2D eigenvalue weighted by atomic mass is 9.86. The van der Waals surface area contributed by atoms with Crippen LogP contribution in [0.1, 0.15) is 31.1 Å². The average molecular weight is 321 g/mol. The second-order valence-corrected chi connectivity index (χ2v) is 7.42. The first-order valence-electron chi connectivity index (χ1n) is 7.23. The number of hydrogen-bond donors (Lipinski definition) is 2. The van der Waals surface area contributed by atoms with E-state index >= 15 is 0 Å². The lowest BCUT2D eigenvalue weighted by Crippen LogP contribution is -2.20. The van der Waals surface area contributed by atoms with Gasteiger partial charge in [-0.05, 0) is 30.9 Å². The summed E-state index contributed by atoms with van der Waals surface area (Å²) >= 11 is 3.35. The van der Waals surface area contributed by atoms with Crippen LogP contribution in [0.4, 0.5) is 5.13 Å². The number of carbonyl (C=O) groups excluding carboxylic acids is 1. The molecule has 2 aromatic rings. The second-order valence-electron chi connectivity index (χ2n) is 5.39. The van der Waals surface area contributed by atoms with Crippen molar-refractivity contribution in [2.45, 2.75) is 32.7 Å². The Labute approximate surface area is 132 Å². The van der Waals surface area contributed by atoms with Gasteiger partial charge in [0.2, 0.25) is 5.91 Å². The van der Waals surface area contributed by atoms with Gasteiger partial charge in [0, 0.05) is 23.7 Å². The second kappa shape index (κ2) is 6.58. The van der Waals surface area contributed by atoms with Gasteiger partial charge >= 0.3 is 0 Å². The van der Waals surface area contributed by atoms with Crippen LogP contribution in [-0.2, 0) is 11.3 Å². The molecule has 0 saturated heterocycles. The van der Waals surface area contributed by atoms with Crippen molar-refractivity contribution in [2.24, 2.45) is 5.92 Å². The number of nitrogens with zero attached hydrogens (tertiary/aromatic N) is 1. The SMILES string of the molecule is CC(=O)NCc1ccc(-c2csc(NCC3CCC3)n2)s1. The Balaban J connectivity index is 1.58. The quantitative estimate of drug-likeness (QED) is 0.852. The van der Waals surface area contributed by atoms with Gasteiger partial charge in [0.05, 0.1) is 17.1 Å². The highest BCUT2D eigenvalue weighted by atomic mass is 32.1. The number of thiazole rings is 1. The van der Waals surface area contributed by atoms with E-state index in [1.165, 1.54) is 26.2 Å². The number of thiophene rings is 1. The summed E-state index contributed by atoms with van der Waals surface area (Å²) in [7, 11) is 0. The summed E-state index contributed by atoms with van der Waals surface area (Å²) in [6.07, 6.45) is 4.08. The average Bonchev–Trinajstić information content (AvgIpc) is 3.02. The van der Waals surface area contributed by atoms with Crippen LogP contribution in [0.2, 0.25) is 0 Å². The highest BCUT2D eigenvalue weighted by Crippen LogP contribution is 2.32. The molecule has 112 valence electrons. The van der Waals surface area contributed by atoms with Crippen LogP contribution in [0.25, 0.3) is 10.6 Å². The minimum atomic E-state index is 0.00101. The number of anilines is 1. The molecule has 0 aromatic carbocycles. The van der Waals surface area contributed by atoms with Crippen molar-refractivity contribution in [3.05, 3.63) is 22.4 Å². The Kier molecular flexibility index (Phi) is 4.55. The molecule has 0 bridgehead atoms. The monoisotopic (exact) mass is 321 g/mol. The molecule has 1 fully saturated rings. The van der Waals surface area contributed by atoms with Gasteiger partial charge in [-0.2, -0.15) is 0 Å². The predicted molar refractivity (Wildman–Crippen MR) is 88.8 cm³/mol. The van der Waals surface area contributed by atoms with Crippen molar-refractivity contribution in [3.8, 4) is 10.6 Å². The highest BCUT2D eigenvalue weighted by molar-refractivity contribution is 7.17. The van der Waals surface area contributed by atoms with E-state index in [1.807, 2.05) is 0 Å². The van der Waals surface area contributed by atoms with E-state index in [9.17, 15) is 4.79 Å². The first-order chi connectivity index (χ1) is 10.2. The van der Waals surface area contributed by atoms with E-state index in [-0.39, 0.29) is 5.91 Å². The molecular formula is C15H19N3OS2. The smallest absolute Gasteiger partial charge is 0.217 e. The molecule has 0 atom stereocenters. The summed E-state index contributed by atoms with van der Waals surface area (Å²) in [4.78, 5) is 17.9. The molecule has 4 nitrogen and oxygen atoms in total. The molecular weight excluding hydrogens is 302 g/mol. The van der Waals surface area contributed by atoms with E-state index in [1.54, 1.807) is 22.7 Å². The van der Waals surface area contributed by atoms with Crippen molar-refractivity contribution in [1.82, 2.24) is 10.3 Å². The number of nitrogens with one attached hydrogen (secondary N) is 2. The fourth-order valence-corrected chi connectivity index (χ4v) is 3.92. The van der Waals surface area contributed by atoms with Crippen LogP contribution < -0.4 is 10.6 Å². The fraction of sp³-hybridized carbons (Fsp3) is 0.467. The van der Waals surface area contributed by atoms with Gasteiger partial charge < -0.3 is 10.6 Å². The van der Waals surface area contributed by atoms with Gasteiger partial charge in [-0.3, -0.25) is 4.79 Å². The zero-order valence-electron chi connectivity index (χ0n) is 12.0. The van der Waals surface area contributed by atoms with Crippen molar-refractivity contribution in [2.75, 3.05) is 11.9 Å². The van der Waals surface area contributed by atoms with Crippen LogP contribution in [0, 0.1) is 5.92 Å². The molecule has 0 spiro atoms. The molecule has 0 radical (unpaired) electrons. The highest BCUT2D eigenvalue weighted by Gasteiger charge is 2.17. The third-order valence-corrected chi connectivity index (χ3v) is 5.60. The van der Waals surface area contributed by atoms with Crippen molar-refractivity contribution < 1.29 is 4.79 Å². The number of hydrogen-bond acceptors (Lipinski definition) is 5. The summed E-state index contributed by atoms with van der Waals surface area (Å²) < 4.78 is 0. The third-order valence-electron chi connectivity index (χ3n) is 3.70. The minimum Gasteiger partial charge on any atom is -0.361 e. The summed E-state index contributed by atoms with van der Waals surface area (Å²) in [6.45, 7) is 3.18. The molecule has 0 aliphatic heterocycles. The Morgan fingerprint density at radius 2 is 2.29 bits per heavy atom. The van der Waals surface area contributed by atoms with E-state index in [0.29, 0.717) is 6.54 Å². The van der Waals surface area contributed by atoms with E-state index in [2.05, 4.69) is 33.1 Å². The first-order valence-corrected chi connectivity index (χ1v) is 8.93. The largest absolute Gasteiger partial charge is 0.361 e. The maximum atomic E-state index is 10.9. The Morgan fingerprint density at radius 3 is 3.00 bits per heavy atom. The molecule has 2 aromatic heterocycles. The molecule has 0 unspecified atom stereocenters. The van der Waals surface area contributed by atoms with Crippen molar-refractivity contribution >= 4 is 33.7 Å². The lowest BCUT2D eigenvalue weighted by molar-refractivity contribution is -0.119. The normalized spacial score (nSPS) is 14.7. The molecule has 2 heterocycles. The summed E-state index contributed by atoms with van der Waals surface area (Å²) in [5.41, 5.74) is 1.02. The van der Waals surface area contributed by atoms with Crippen LogP contribution in [0.3, 0.4) is 0 Å². The van der Waals surface area contributed by atoms with E-state index < -0.39 is 0 Å². The summed E-state index contributed by atoms with van der Waals surface area (Å²) in [5, 5.41) is 9.36. The number of rotatable bonds is 6. The molecule has 1 aliphatic carbocycles. The topological polar surface area (TPSA) is 54.0 Å². The van der Waals surface area contributed by atoms with Gasteiger partial charge in [-0.15, -0.1) is 22.7 Å². The van der Waals surface area contributed by atoms with Crippen LogP contribution in [0.15, 0.2) is 17.5 Å². The first kappa shape index (κ1) is 14.5. The maximum absolute atomic E-state index is 10.9. The Bertz CT molecular complexity index is 616. The van der Waals surface area contributed by atoms with Gasteiger partial charge in [0.25, 0.3) is 0 Å². The zero-order chi connectivity index (χ0) is 14.7. The van der Waals surface area contributed by atoms with E-state index in [4.69, 9.17) is 0 Å². The summed E-state index contributed by atoms with van der Waals surface area (Å²) in [5.74, 6) is 0.837. The number of amides is 1. The standard InChI is InChI=1S/C15H19N3OS2/c1-10(19)16-8-12-5-6-14(21-12)13-9-20-15(18-13)17-7-11-3-2-4-11/h5-6,9,11H,2-4,7-8H2,1H3,(H,16,19)(H,17,18). The number of carbonyl (C=O) groups is 1. The fourth-order valence-electron chi connectivity index (χ4n) is 2.22. The lowest BCUT2D eigenvalue weighted by Gasteiger charge is -2.25. The molecule has 1 saturated carbocycles. The van der Waals surface area contributed by atoms with Gasteiger partial charge in [-0.1, -0.05) is 6.42 Å². The molecule has 6 heteroatoms. The Morgan fingerprint density at radius 1 is 1.43 bits per heavy atom. The van der Waals surface area contributed by atoms with Crippen LogP contribution >= 0.6 is 22.7 Å². The van der Waals surface area contributed by atoms with E-state index in [0.717, 1.165) is 33.0 Å². The zero-order valence-corrected chi connectivity index (χ0v) is 13.6. The van der Waals surface area contributed by atoms with Gasteiger partial charge in [-0.25, -0.2) is 4.98 Å².